The molecule has 0 fully saturated rings. The number of aromatic amines is 1. The first kappa shape index (κ1) is 8.39. The maximum Gasteiger partial charge on any atom is 0.183 e. The number of H-pyrrole nitrogens is 1. The summed E-state index contributed by atoms with van der Waals surface area (Å²) >= 11 is 0. The number of ketones is 1. The Morgan fingerprint density at radius 1 is 1.50 bits per heavy atom. The minimum Gasteiger partial charge on any atom is -0.350 e. The van der Waals surface area contributed by atoms with Crippen molar-refractivity contribution in [2.75, 3.05) is 0 Å². The summed E-state index contributed by atoms with van der Waals surface area (Å²) in [4.78, 5) is 34.4. The van der Waals surface area contributed by atoms with Crippen molar-refractivity contribution in [3.8, 4) is 0 Å². The van der Waals surface area contributed by atoms with Gasteiger partial charge in [0.2, 0.25) is 0 Å². The van der Waals surface area contributed by atoms with Crippen LogP contribution >= 0.6 is 0 Å². The van der Waals surface area contributed by atoms with Crippen molar-refractivity contribution in [2.45, 2.75) is 6.92 Å². The van der Waals surface area contributed by atoms with E-state index in [9.17, 15) is 14.4 Å². The molecule has 1 aromatic heterocycles. The molecule has 0 aliphatic heterocycles. The van der Waals surface area contributed by atoms with E-state index in [1.807, 2.05) is 0 Å². The number of pyridine rings is 1. The van der Waals surface area contributed by atoms with Crippen LogP contribution in [0.5, 0.6) is 0 Å². The molecule has 12 heavy (non-hydrogen) atoms. The summed E-state index contributed by atoms with van der Waals surface area (Å²) in [5, 5.41) is 0. The molecule has 0 saturated heterocycles. The lowest BCUT2D eigenvalue weighted by molar-refractivity contribution is 0.101. The molecule has 0 aromatic carbocycles. The molecular weight excluding hydrogens is 158 g/mol. The van der Waals surface area contributed by atoms with Crippen LogP contribution in [0.15, 0.2) is 16.9 Å². The maximum atomic E-state index is 10.8. The van der Waals surface area contributed by atoms with Crippen molar-refractivity contribution < 1.29 is 9.59 Å². The van der Waals surface area contributed by atoms with Crippen LogP contribution in [0.1, 0.15) is 27.9 Å². The van der Waals surface area contributed by atoms with Gasteiger partial charge in [0, 0.05) is 19.1 Å². The van der Waals surface area contributed by atoms with Crippen molar-refractivity contribution in [3.05, 3.63) is 33.7 Å². The minimum atomic E-state index is -0.346. The first-order valence-electron chi connectivity index (χ1n) is 3.34. The molecule has 1 heterocycles. The van der Waals surface area contributed by atoms with Crippen molar-refractivity contribution in [2.24, 2.45) is 0 Å². The van der Waals surface area contributed by atoms with Crippen LogP contribution in [0.3, 0.4) is 0 Å². The zero-order valence-corrected chi connectivity index (χ0v) is 6.46. The highest BCUT2D eigenvalue weighted by Crippen LogP contribution is 1.93. The molecule has 0 bridgehead atoms. The number of carbonyl (C=O) groups excluding carboxylic acids is 2. The Labute approximate surface area is 68.2 Å². The van der Waals surface area contributed by atoms with Gasteiger partial charge in [0.05, 0.1) is 11.4 Å². The standard InChI is InChI=1S/C8H7NO3/c1-5(11)8-3-7(12)2-6(4-10)9-8/h2-4H,1H3,(H,9,12). The van der Waals surface area contributed by atoms with E-state index in [4.69, 9.17) is 0 Å². The maximum absolute atomic E-state index is 10.8. The van der Waals surface area contributed by atoms with Crippen molar-refractivity contribution in [3.63, 3.8) is 0 Å². The van der Waals surface area contributed by atoms with Crippen LogP contribution in [0.25, 0.3) is 0 Å². The Kier molecular flexibility index (Phi) is 2.19. The highest BCUT2D eigenvalue weighted by Gasteiger charge is 2.01. The van der Waals surface area contributed by atoms with Crippen LogP contribution in [-0.2, 0) is 0 Å². The summed E-state index contributed by atoms with van der Waals surface area (Å²) in [6, 6.07) is 2.30. The van der Waals surface area contributed by atoms with E-state index in [1.54, 1.807) is 0 Å². The van der Waals surface area contributed by atoms with Gasteiger partial charge in [-0.05, 0) is 0 Å². The third-order valence-electron chi connectivity index (χ3n) is 1.37. The topological polar surface area (TPSA) is 67.0 Å². The SMILES string of the molecule is CC(=O)c1cc(=O)cc(C=O)[nH]1. The number of carbonyl (C=O) groups is 2. The predicted molar refractivity (Wildman–Crippen MR) is 42.5 cm³/mol. The Morgan fingerprint density at radius 2 is 2.17 bits per heavy atom. The summed E-state index contributed by atoms with van der Waals surface area (Å²) in [6.07, 6.45) is 0.494. The van der Waals surface area contributed by atoms with Gasteiger partial charge < -0.3 is 4.98 Å². The molecule has 4 nitrogen and oxygen atoms in total. The van der Waals surface area contributed by atoms with Crippen LogP contribution < -0.4 is 5.43 Å². The zero-order valence-electron chi connectivity index (χ0n) is 6.46. The van der Waals surface area contributed by atoms with Crippen molar-refractivity contribution in [1.29, 1.82) is 0 Å². The van der Waals surface area contributed by atoms with Gasteiger partial charge in [-0.3, -0.25) is 14.4 Å². The Balaban J connectivity index is 3.33. The van der Waals surface area contributed by atoms with E-state index >= 15 is 0 Å². The quantitative estimate of drug-likeness (QED) is 0.509. The Bertz CT molecular complexity index is 378. The minimum absolute atomic E-state index is 0.118. The number of aldehydes is 1. The molecule has 0 amide bonds. The molecule has 1 N–H and O–H groups in total. The number of Topliss-reactive ketones (excluding diaryl/α,β-unsaturated/α-hetero) is 1. The number of hydrogen-bond donors (Lipinski definition) is 1. The molecule has 0 saturated carbocycles. The third-order valence-corrected chi connectivity index (χ3v) is 1.37. The van der Waals surface area contributed by atoms with Crippen LogP contribution in [0.4, 0.5) is 0 Å². The molecule has 4 heteroatoms. The van der Waals surface area contributed by atoms with Gasteiger partial charge in [0.1, 0.15) is 0 Å². The molecule has 62 valence electrons. The van der Waals surface area contributed by atoms with Gasteiger partial charge in [-0.15, -0.1) is 0 Å². The van der Waals surface area contributed by atoms with Crippen LogP contribution in [0, 0.1) is 0 Å². The number of nitrogens with one attached hydrogen (secondary N) is 1. The number of aromatic nitrogens is 1. The molecule has 0 spiro atoms. The lowest BCUT2D eigenvalue weighted by Gasteiger charge is -1.95. The molecule has 1 aromatic rings. The summed E-state index contributed by atoms with van der Waals surface area (Å²) in [7, 11) is 0. The second-order valence-electron chi connectivity index (χ2n) is 2.36. The fraction of sp³-hybridized carbons (Fsp3) is 0.125. The Hall–Kier alpha value is -1.71. The van der Waals surface area contributed by atoms with Gasteiger partial charge in [-0.25, -0.2) is 0 Å². The molecule has 0 atom stereocenters. The van der Waals surface area contributed by atoms with Gasteiger partial charge in [-0.2, -0.15) is 0 Å². The van der Waals surface area contributed by atoms with E-state index in [-0.39, 0.29) is 22.6 Å². The first-order chi connectivity index (χ1) is 5.63. The van der Waals surface area contributed by atoms with E-state index in [2.05, 4.69) is 4.98 Å². The second-order valence-corrected chi connectivity index (χ2v) is 2.36. The highest BCUT2D eigenvalue weighted by atomic mass is 16.1. The fourth-order valence-corrected chi connectivity index (χ4v) is 0.818. The molecular formula is C8H7NO3. The van der Waals surface area contributed by atoms with E-state index in [0.29, 0.717) is 6.29 Å². The average Bonchev–Trinajstić information content (AvgIpc) is 2.03. The number of hydrogen-bond acceptors (Lipinski definition) is 3. The fourth-order valence-electron chi connectivity index (χ4n) is 0.818. The van der Waals surface area contributed by atoms with Gasteiger partial charge in [0.25, 0.3) is 0 Å². The van der Waals surface area contributed by atoms with E-state index in [0.717, 1.165) is 12.1 Å². The largest absolute Gasteiger partial charge is 0.350 e. The van der Waals surface area contributed by atoms with Gasteiger partial charge in [-0.1, -0.05) is 0 Å². The molecule has 0 radical (unpaired) electrons. The van der Waals surface area contributed by atoms with Crippen LogP contribution in [-0.4, -0.2) is 17.1 Å². The summed E-state index contributed by atoms with van der Waals surface area (Å²) < 4.78 is 0. The van der Waals surface area contributed by atoms with Crippen molar-refractivity contribution >= 4 is 12.1 Å². The van der Waals surface area contributed by atoms with Gasteiger partial charge >= 0.3 is 0 Å². The smallest absolute Gasteiger partial charge is 0.183 e. The molecule has 0 aliphatic rings. The second kappa shape index (κ2) is 3.13. The van der Waals surface area contributed by atoms with Crippen LogP contribution in [0.2, 0.25) is 0 Å². The van der Waals surface area contributed by atoms with E-state index < -0.39 is 0 Å². The summed E-state index contributed by atoms with van der Waals surface area (Å²) in [5.41, 5.74) is -0.0710. The zero-order chi connectivity index (χ0) is 9.14. The molecule has 0 aliphatic carbocycles. The molecule has 1 rings (SSSR count). The average molecular weight is 165 g/mol. The van der Waals surface area contributed by atoms with Gasteiger partial charge in [0.15, 0.2) is 17.5 Å². The lowest BCUT2D eigenvalue weighted by Crippen LogP contribution is -2.08. The van der Waals surface area contributed by atoms with E-state index in [1.165, 1.54) is 6.92 Å². The summed E-state index contributed by atoms with van der Waals surface area (Å²) in [6.45, 7) is 1.32. The monoisotopic (exact) mass is 165 g/mol. The molecule has 0 unspecified atom stereocenters. The predicted octanol–water partition coefficient (Wildman–Crippen LogP) is 0.390. The van der Waals surface area contributed by atoms with Crippen molar-refractivity contribution in [1.82, 2.24) is 4.98 Å². The number of rotatable bonds is 2. The summed E-state index contributed by atoms with van der Waals surface area (Å²) in [5.74, 6) is -0.268. The Morgan fingerprint density at radius 3 is 2.67 bits per heavy atom. The highest BCUT2D eigenvalue weighted by molar-refractivity contribution is 5.92. The normalized spacial score (nSPS) is 9.42. The lowest BCUT2D eigenvalue weighted by atomic mass is 10.2. The third kappa shape index (κ3) is 1.66. The first-order valence-corrected chi connectivity index (χ1v) is 3.34.